The van der Waals surface area contributed by atoms with Crippen LogP contribution in [0.4, 0.5) is 5.69 Å². The zero-order valence-corrected chi connectivity index (χ0v) is 10.8. The lowest BCUT2D eigenvalue weighted by Gasteiger charge is -2.05. The van der Waals surface area contributed by atoms with Gasteiger partial charge in [-0.3, -0.25) is 9.36 Å². The number of para-hydroxylation sites is 1. The molecular weight excluding hydrogens is 246 g/mol. The van der Waals surface area contributed by atoms with Crippen LogP contribution >= 0.6 is 0 Å². The number of rotatable bonds is 5. The minimum atomic E-state index is -0.247. The third-order valence-electron chi connectivity index (χ3n) is 2.89. The van der Waals surface area contributed by atoms with Crippen molar-refractivity contribution in [1.82, 2.24) is 9.55 Å². The first-order valence-electron chi connectivity index (χ1n) is 6.26. The number of aromatic nitrogens is 2. The van der Waals surface area contributed by atoms with Gasteiger partial charge in [0.1, 0.15) is 0 Å². The number of imidazole rings is 1. The number of ether oxygens (including phenoxy) is 1. The number of hydrogen-bond donors (Lipinski definition) is 2. The number of hydrogen-bond acceptors (Lipinski definition) is 4. The third kappa shape index (κ3) is 2.78. The van der Waals surface area contributed by atoms with Crippen molar-refractivity contribution < 1.29 is 9.53 Å². The van der Waals surface area contributed by atoms with E-state index in [2.05, 4.69) is 4.98 Å². The van der Waals surface area contributed by atoms with Gasteiger partial charge in [0.05, 0.1) is 23.3 Å². The number of benzene rings is 1. The normalized spacial score (nSPS) is 10.8. The van der Waals surface area contributed by atoms with E-state index in [1.54, 1.807) is 29.7 Å². The summed E-state index contributed by atoms with van der Waals surface area (Å²) in [5, 5.41) is 0. The number of nitrogens with zero attached hydrogens (tertiary/aromatic N) is 1. The van der Waals surface area contributed by atoms with Gasteiger partial charge in [0.15, 0.2) is 0 Å². The van der Waals surface area contributed by atoms with E-state index < -0.39 is 0 Å². The van der Waals surface area contributed by atoms with Crippen molar-refractivity contribution in [2.75, 3.05) is 12.3 Å². The third-order valence-corrected chi connectivity index (χ3v) is 2.89. The minimum absolute atomic E-state index is 0.211. The van der Waals surface area contributed by atoms with Crippen LogP contribution < -0.4 is 11.4 Å². The second kappa shape index (κ2) is 5.60. The molecule has 19 heavy (non-hydrogen) atoms. The molecular formula is C13H17N3O3. The molecule has 0 aliphatic heterocycles. The summed E-state index contributed by atoms with van der Waals surface area (Å²) in [6.45, 7) is 2.58. The van der Waals surface area contributed by atoms with E-state index in [1.165, 1.54) is 0 Å². The van der Waals surface area contributed by atoms with Gasteiger partial charge in [0.25, 0.3) is 0 Å². The Balaban J connectivity index is 2.15. The van der Waals surface area contributed by atoms with Gasteiger partial charge in [0.2, 0.25) is 0 Å². The minimum Gasteiger partial charge on any atom is -0.466 e. The highest BCUT2D eigenvalue weighted by molar-refractivity contribution is 5.87. The maximum atomic E-state index is 11.8. The molecule has 0 radical (unpaired) electrons. The van der Waals surface area contributed by atoms with Gasteiger partial charge in [-0.25, -0.2) is 4.79 Å². The highest BCUT2D eigenvalue weighted by atomic mass is 16.5. The lowest BCUT2D eigenvalue weighted by Crippen LogP contribution is -2.18. The number of carbonyl (C=O) groups is 1. The van der Waals surface area contributed by atoms with E-state index in [-0.39, 0.29) is 11.7 Å². The van der Waals surface area contributed by atoms with Crippen molar-refractivity contribution >= 4 is 22.7 Å². The molecule has 2 aromatic rings. The summed E-state index contributed by atoms with van der Waals surface area (Å²) >= 11 is 0. The molecule has 0 atom stereocenters. The van der Waals surface area contributed by atoms with E-state index >= 15 is 0 Å². The summed E-state index contributed by atoms with van der Waals surface area (Å²) in [4.78, 5) is 25.8. The van der Waals surface area contributed by atoms with Gasteiger partial charge in [-0.1, -0.05) is 6.07 Å². The largest absolute Gasteiger partial charge is 0.466 e. The van der Waals surface area contributed by atoms with E-state index in [1.807, 2.05) is 0 Å². The molecule has 6 nitrogen and oxygen atoms in total. The van der Waals surface area contributed by atoms with Gasteiger partial charge in [-0.05, 0) is 25.5 Å². The number of nitrogen functional groups attached to an aromatic ring is 1. The molecule has 1 aromatic heterocycles. The second-order valence-electron chi connectivity index (χ2n) is 4.23. The quantitative estimate of drug-likeness (QED) is 0.627. The number of nitrogens with two attached hydrogens (primary N) is 1. The maximum Gasteiger partial charge on any atom is 0.326 e. The monoisotopic (exact) mass is 263 g/mol. The number of aryl methyl sites for hydroxylation is 1. The number of anilines is 1. The SMILES string of the molecule is CCOC(=O)CCCn1c(=O)[nH]c2cccc(N)c21. The first kappa shape index (κ1) is 13.2. The molecule has 0 fully saturated rings. The van der Waals surface area contributed by atoms with Gasteiger partial charge in [-0.2, -0.15) is 0 Å². The fourth-order valence-electron chi connectivity index (χ4n) is 2.08. The van der Waals surface area contributed by atoms with Crippen LogP contribution in [0.2, 0.25) is 0 Å². The highest BCUT2D eigenvalue weighted by Crippen LogP contribution is 2.18. The van der Waals surface area contributed by atoms with Crippen LogP contribution in [-0.2, 0) is 16.1 Å². The lowest BCUT2D eigenvalue weighted by atomic mass is 10.2. The molecule has 102 valence electrons. The average molecular weight is 263 g/mol. The van der Waals surface area contributed by atoms with Crippen LogP contribution in [0.3, 0.4) is 0 Å². The maximum absolute atomic E-state index is 11.8. The van der Waals surface area contributed by atoms with Crippen LogP contribution in [0.1, 0.15) is 19.8 Å². The molecule has 0 saturated carbocycles. The summed E-state index contributed by atoms with van der Waals surface area (Å²) in [5.41, 5.74) is 7.62. The Morgan fingerprint density at radius 1 is 1.47 bits per heavy atom. The smallest absolute Gasteiger partial charge is 0.326 e. The second-order valence-corrected chi connectivity index (χ2v) is 4.23. The van der Waals surface area contributed by atoms with Gasteiger partial charge < -0.3 is 15.5 Å². The number of aromatic amines is 1. The molecule has 0 unspecified atom stereocenters. The Bertz CT molecular complexity index is 642. The number of carbonyl (C=O) groups excluding carboxylic acids is 1. The summed E-state index contributed by atoms with van der Waals surface area (Å²) in [6.07, 6.45) is 0.833. The van der Waals surface area contributed by atoms with Crippen LogP contribution in [0.5, 0.6) is 0 Å². The molecule has 0 spiro atoms. The first-order valence-corrected chi connectivity index (χ1v) is 6.26. The Labute approximate surface area is 110 Å². The van der Waals surface area contributed by atoms with Gasteiger partial charge >= 0.3 is 11.7 Å². The Hall–Kier alpha value is -2.24. The fourth-order valence-corrected chi connectivity index (χ4v) is 2.08. The molecule has 1 aromatic carbocycles. The zero-order valence-electron chi connectivity index (χ0n) is 10.8. The first-order chi connectivity index (χ1) is 9.13. The molecule has 0 saturated heterocycles. The van der Waals surface area contributed by atoms with E-state index in [4.69, 9.17) is 10.5 Å². The van der Waals surface area contributed by atoms with Crippen LogP contribution in [0.25, 0.3) is 11.0 Å². The number of H-pyrrole nitrogens is 1. The molecule has 0 bridgehead atoms. The van der Waals surface area contributed by atoms with Gasteiger partial charge in [0, 0.05) is 13.0 Å². The lowest BCUT2D eigenvalue weighted by molar-refractivity contribution is -0.143. The Morgan fingerprint density at radius 3 is 3.00 bits per heavy atom. The van der Waals surface area contributed by atoms with Crippen molar-refractivity contribution in [1.29, 1.82) is 0 Å². The topological polar surface area (TPSA) is 90.1 Å². The Kier molecular flexibility index (Phi) is 3.89. The highest BCUT2D eigenvalue weighted by Gasteiger charge is 2.10. The fraction of sp³-hybridized carbons (Fsp3) is 0.385. The number of fused-ring (bicyclic) bond motifs is 1. The molecule has 0 amide bonds. The number of nitrogens with one attached hydrogen (secondary N) is 1. The predicted octanol–water partition coefficient (Wildman–Crippen LogP) is 1.26. The summed E-state index contributed by atoms with van der Waals surface area (Å²) in [7, 11) is 0. The van der Waals surface area contributed by atoms with E-state index in [9.17, 15) is 9.59 Å². The molecule has 3 N–H and O–H groups in total. The van der Waals surface area contributed by atoms with Crippen molar-refractivity contribution in [2.24, 2.45) is 0 Å². The van der Waals surface area contributed by atoms with Gasteiger partial charge in [-0.15, -0.1) is 0 Å². The molecule has 6 heteroatoms. The summed E-state index contributed by atoms with van der Waals surface area (Å²) in [6, 6.07) is 5.34. The van der Waals surface area contributed by atoms with Crippen molar-refractivity contribution in [3.05, 3.63) is 28.7 Å². The predicted molar refractivity (Wildman–Crippen MR) is 72.8 cm³/mol. The van der Waals surface area contributed by atoms with E-state index in [0.29, 0.717) is 42.7 Å². The summed E-state index contributed by atoms with van der Waals surface area (Å²) < 4.78 is 6.40. The van der Waals surface area contributed by atoms with Crippen LogP contribution in [0.15, 0.2) is 23.0 Å². The molecule has 2 rings (SSSR count). The van der Waals surface area contributed by atoms with Crippen molar-refractivity contribution in [2.45, 2.75) is 26.3 Å². The van der Waals surface area contributed by atoms with E-state index in [0.717, 1.165) is 0 Å². The van der Waals surface area contributed by atoms with Crippen LogP contribution in [0, 0.1) is 0 Å². The standard InChI is InChI=1S/C13H17N3O3/c1-2-19-11(17)7-4-8-16-12-9(14)5-3-6-10(12)15-13(16)18/h3,5-6H,2,4,7-8,14H2,1H3,(H,15,18). The number of esters is 1. The average Bonchev–Trinajstić information content (AvgIpc) is 2.67. The summed E-state index contributed by atoms with van der Waals surface area (Å²) in [5.74, 6) is -0.247. The zero-order chi connectivity index (χ0) is 13.8. The molecule has 1 heterocycles. The Morgan fingerprint density at radius 2 is 2.26 bits per heavy atom. The van der Waals surface area contributed by atoms with Crippen molar-refractivity contribution in [3.63, 3.8) is 0 Å². The van der Waals surface area contributed by atoms with Crippen LogP contribution in [-0.4, -0.2) is 22.1 Å². The molecule has 0 aliphatic carbocycles. The molecule has 0 aliphatic rings. The van der Waals surface area contributed by atoms with Crippen molar-refractivity contribution in [3.8, 4) is 0 Å².